The predicted octanol–water partition coefficient (Wildman–Crippen LogP) is 1.81. The van der Waals surface area contributed by atoms with Gasteiger partial charge >= 0.3 is 0 Å². The van der Waals surface area contributed by atoms with Gasteiger partial charge in [0.1, 0.15) is 5.75 Å². The third kappa shape index (κ3) is 3.32. The molecule has 0 fully saturated rings. The highest BCUT2D eigenvalue weighted by Gasteiger charge is 2.11. The molecule has 1 aromatic carbocycles. The fourth-order valence-corrected chi connectivity index (χ4v) is 2.30. The Morgan fingerprint density at radius 2 is 2.13 bits per heavy atom. The van der Waals surface area contributed by atoms with E-state index in [1.54, 1.807) is 62.2 Å². The number of aliphatic hydroxyl groups is 1. The summed E-state index contributed by atoms with van der Waals surface area (Å²) >= 11 is 0. The first-order valence-electron chi connectivity index (χ1n) is 7.19. The molecule has 1 unspecified atom stereocenters. The van der Waals surface area contributed by atoms with Gasteiger partial charge in [-0.05, 0) is 29.8 Å². The van der Waals surface area contributed by atoms with Crippen LogP contribution in [0.5, 0.6) is 5.75 Å². The number of hydrogen-bond acceptors (Lipinski definition) is 4. The highest BCUT2D eigenvalue weighted by atomic mass is 16.5. The van der Waals surface area contributed by atoms with Gasteiger partial charge in [-0.15, -0.1) is 0 Å². The second-order valence-corrected chi connectivity index (χ2v) is 5.14. The van der Waals surface area contributed by atoms with Crippen LogP contribution < -0.4 is 10.1 Å². The van der Waals surface area contributed by atoms with Gasteiger partial charge in [-0.25, -0.2) is 4.98 Å². The SMILES string of the molecule is COc1ccc(C(O)CNC(=O)c2ccn3cncc3c2)cc1. The number of nitrogens with zero attached hydrogens (tertiary/aromatic N) is 2. The van der Waals surface area contributed by atoms with Crippen molar-refractivity contribution < 1.29 is 14.6 Å². The highest BCUT2D eigenvalue weighted by Crippen LogP contribution is 2.17. The predicted molar refractivity (Wildman–Crippen MR) is 85.5 cm³/mol. The summed E-state index contributed by atoms with van der Waals surface area (Å²) in [5.74, 6) is 0.486. The number of hydrogen-bond donors (Lipinski definition) is 2. The van der Waals surface area contributed by atoms with Crippen LogP contribution in [0.3, 0.4) is 0 Å². The molecular weight excluding hydrogens is 294 g/mol. The smallest absolute Gasteiger partial charge is 0.251 e. The van der Waals surface area contributed by atoms with Gasteiger partial charge in [0.15, 0.2) is 0 Å². The van der Waals surface area contributed by atoms with Gasteiger partial charge < -0.3 is 19.6 Å². The van der Waals surface area contributed by atoms with Crippen molar-refractivity contribution in [1.29, 1.82) is 0 Å². The second kappa shape index (κ2) is 6.50. The van der Waals surface area contributed by atoms with Crippen molar-refractivity contribution in [2.24, 2.45) is 0 Å². The first kappa shape index (κ1) is 15.1. The summed E-state index contributed by atoms with van der Waals surface area (Å²) < 4.78 is 6.90. The van der Waals surface area contributed by atoms with E-state index in [1.165, 1.54) is 0 Å². The largest absolute Gasteiger partial charge is 0.497 e. The number of imidazole rings is 1. The highest BCUT2D eigenvalue weighted by molar-refractivity contribution is 5.95. The van der Waals surface area contributed by atoms with E-state index in [1.807, 2.05) is 4.40 Å². The van der Waals surface area contributed by atoms with Crippen molar-refractivity contribution in [3.05, 3.63) is 66.2 Å². The minimum Gasteiger partial charge on any atom is -0.497 e. The van der Waals surface area contributed by atoms with Gasteiger partial charge in [-0.3, -0.25) is 4.79 Å². The van der Waals surface area contributed by atoms with E-state index in [0.717, 1.165) is 16.8 Å². The van der Waals surface area contributed by atoms with E-state index >= 15 is 0 Å². The first-order valence-corrected chi connectivity index (χ1v) is 7.19. The molecule has 0 aliphatic rings. The number of carbonyl (C=O) groups excluding carboxylic acids is 1. The lowest BCUT2D eigenvalue weighted by Gasteiger charge is -2.13. The molecule has 3 rings (SSSR count). The number of methoxy groups -OCH3 is 1. The molecular formula is C17H17N3O3. The minimum absolute atomic E-state index is 0.135. The van der Waals surface area contributed by atoms with Crippen molar-refractivity contribution in [2.75, 3.05) is 13.7 Å². The lowest BCUT2D eigenvalue weighted by molar-refractivity contribution is 0.0916. The third-order valence-corrected chi connectivity index (χ3v) is 3.63. The Bertz CT molecular complexity index is 811. The normalized spacial score (nSPS) is 12.1. The summed E-state index contributed by atoms with van der Waals surface area (Å²) in [6.45, 7) is 0.135. The van der Waals surface area contributed by atoms with Crippen LogP contribution in [0.1, 0.15) is 22.0 Å². The van der Waals surface area contributed by atoms with Gasteiger partial charge in [-0.2, -0.15) is 0 Å². The van der Waals surface area contributed by atoms with Crippen LogP contribution in [0.25, 0.3) is 5.52 Å². The monoisotopic (exact) mass is 311 g/mol. The Morgan fingerprint density at radius 3 is 2.87 bits per heavy atom. The molecule has 0 saturated heterocycles. The maximum atomic E-state index is 12.2. The molecule has 0 aliphatic carbocycles. The molecule has 1 amide bonds. The van der Waals surface area contributed by atoms with E-state index in [2.05, 4.69) is 10.3 Å². The first-order chi connectivity index (χ1) is 11.2. The van der Waals surface area contributed by atoms with Crippen LogP contribution in [-0.4, -0.2) is 34.1 Å². The number of nitrogens with one attached hydrogen (secondary N) is 1. The zero-order chi connectivity index (χ0) is 16.2. The van der Waals surface area contributed by atoms with E-state index in [9.17, 15) is 9.90 Å². The fraction of sp³-hybridized carbons (Fsp3) is 0.176. The molecule has 1 atom stereocenters. The summed E-state index contributed by atoms with van der Waals surface area (Å²) in [5.41, 5.74) is 2.09. The fourth-order valence-electron chi connectivity index (χ4n) is 2.30. The lowest BCUT2D eigenvalue weighted by atomic mass is 10.1. The molecule has 0 bridgehead atoms. The Morgan fingerprint density at radius 1 is 1.35 bits per heavy atom. The number of fused-ring (bicyclic) bond motifs is 1. The van der Waals surface area contributed by atoms with Crippen LogP contribution in [0.2, 0.25) is 0 Å². The van der Waals surface area contributed by atoms with Gasteiger partial charge in [0.2, 0.25) is 0 Å². The Labute approximate surface area is 133 Å². The summed E-state index contributed by atoms with van der Waals surface area (Å²) in [7, 11) is 1.59. The summed E-state index contributed by atoms with van der Waals surface area (Å²) in [6.07, 6.45) is 4.36. The van der Waals surface area contributed by atoms with Crippen molar-refractivity contribution >= 4 is 11.4 Å². The standard InChI is InChI=1S/C17H17N3O3/c1-23-15-4-2-12(3-5-15)16(21)10-19-17(22)13-6-7-20-11-18-9-14(20)8-13/h2-9,11,16,21H,10H2,1H3,(H,19,22). The van der Waals surface area contributed by atoms with Gasteiger partial charge in [0.25, 0.3) is 5.91 Å². The lowest BCUT2D eigenvalue weighted by Crippen LogP contribution is -2.28. The minimum atomic E-state index is -0.774. The number of rotatable bonds is 5. The Hall–Kier alpha value is -2.86. The number of carbonyl (C=O) groups is 1. The quantitative estimate of drug-likeness (QED) is 0.753. The Balaban J connectivity index is 1.63. The second-order valence-electron chi connectivity index (χ2n) is 5.14. The van der Waals surface area contributed by atoms with Crippen molar-refractivity contribution in [1.82, 2.24) is 14.7 Å². The molecule has 2 heterocycles. The van der Waals surface area contributed by atoms with Gasteiger partial charge in [0.05, 0.1) is 31.3 Å². The van der Waals surface area contributed by atoms with Crippen LogP contribution in [0, 0.1) is 0 Å². The molecule has 2 aromatic heterocycles. The average Bonchev–Trinajstić information content (AvgIpc) is 3.07. The molecule has 2 N–H and O–H groups in total. The summed E-state index contributed by atoms with van der Waals surface area (Å²) in [6, 6.07) is 10.6. The van der Waals surface area contributed by atoms with E-state index in [4.69, 9.17) is 4.74 Å². The summed E-state index contributed by atoms with van der Waals surface area (Å²) in [5, 5.41) is 12.9. The number of aromatic nitrogens is 2. The number of pyridine rings is 1. The van der Waals surface area contributed by atoms with Crippen LogP contribution >= 0.6 is 0 Å². The topological polar surface area (TPSA) is 75.9 Å². The molecule has 6 nitrogen and oxygen atoms in total. The molecule has 118 valence electrons. The molecule has 0 saturated carbocycles. The number of benzene rings is 1. The molecule has 23 heavy (non-hydrogen) atoms. The number of amides is 1. The maximum Gasteiger partial charge on any atom is 0.251 e. The van der Waals surface area contributed by atoms with Gasteiger partial charge in [0, 0.05) is 18.3 Å². The van der Waals surface area contributed by atoms with Crippen LogP contribution in [0.4, 0.5) is 0 Å². The Kier molecular flexibility index (Phi) is 4.25. The maximum absolute atomic E-state index is 12.2. The van der Waals surface area contributed by atoms with Crippen LogP contribution in [0.15, 0.2) is 55.1 Å². The van der Waals surface area contributed by atoms with Crippen molar-refractivity contribution in [2.45, 2.75) is 6.10 Å². The van der Waals surface area contributed by atoms with Crippen LogP contribution in [-0.2, 0) is 0 Å². The van der Waals surface area contributed by atoms with Crippen molar-refractivity contribution in [3.8, 4) is 5.75 Å². The van der Waals surface area contributed by atoms with E-state index in [-0.39, 0.29) is 12.5 Å². The van der Waals surface area contributed by atoms with Gasteiger partial charge in [-0.1, -0.05) is 12.1 Å². The molecule has 6 heteroatoms. The average molecular weight is 311 g/mol. The zero-order valence-corrected chi connectivity index (χ0v) is 12.6. The molecule has 0 aliphatic heterocycles. The summed E-state index contributed by atoms with van der Waals surface area (Å²) in [4.78, 5) is 16.2. The molecule has 0 spiro atoms. The van der Waals surface area contributed by atoms with E-state index in [0.29, 0.717) is 5.56 Å². The molecule has 0 radical (unpaired) electrons. The number of aliphatic hydroxyl groups excluding tert-OH is 1. The molecule has 3 aromatic rings. The number of ether oxygens (including phenoxy) is 1. The zero-order valence-electron chi connectivity index (χ0n) is 12.6. The van der Waals surface area contributed by atoms with E-state index < -0.39 is 6.10 Å². The van der Waals surface area contributed by atoms with Crippen molar-refractivity contribution in [3.63, 3.8) is 0 Å². The third-order valence-electron chi connectivity index (χ3n) is 3.63.